The number of hydrogen-bond donors (Lipinski definition) is 2. The molecule has 1 unspecified atom stereocenters. The summed E-state index contributed by atoms with van der Waals surface area (Å²) < 4.78 is 0. The molecule has 4 rings (SSSR count). The van der Waals surface area contributed by atoms with Gasteiger partial charge in [0.15, 0.2) is 0 Å². The second kappa shape index (κ2) is 8.84. The van der Waals surface area contributed by atoms with E-state index < -0.39 is 6.61 Å². The summed E-state index contributed by atoms with van der Waals surface area (Å²) in [6, 6.07) is 8.86. The summed E-state index contributed by atoms with van der Waals surface area (Å²) in [4.78, 5) is 28.2. The van der Waals surface area contributed by atoms with Crippen LogP contribution in [0.1, 0.15) is 66.8 Å². The summed E-state index contributed by atoms with van der Waals surface area (Å²) in [5, 5.41) is 9.35. The number of nitrogens with zero attached hydrogens (tertiary/aromatic N) is 2. The van der Waals surface area contributed by atoms with Crippen molar-refractivity contribution in [2.75, 3.05) is 26.2 Å². The second-order valence-corrected chi connectivity index (χ2v) is 9.08. The summed E-state index contributed by atoms with van der Waals surface area (Å²) in [7, 11) is 0. The average molecular weight is 400 g/mol. The summed E-state index contributed by atoms with van der Waals surface area (Å²) in [5.41, 5.74) is 7.27. The molecule has 1 saturated carbocycles. The lowest BCUT2D eigenvalue weighted by Gasteiger charge is -2.41. The van der Waals surface area contributed by atoms with Gasteiger partial charge in [0, 0.05) is 37.3 Å². The summed E-state index contributed by atoms with van der Waals surface area (Å²) in [5.74, 6) is 0.577. The quantitative estimate of drug-likeness (QED) is 0.701. The summed E-state index contributed by atoms with van der Waals surface area (Å²) in [6.07, 6.45) is 8.26. The summed E-state index contributed by atoms with van der Waals surface area (Å²) >= 11 is 0. The van der Waals surface area contributed by atoms with Gasteiger partial charge in [-0.2, -0.15) is 0 Å². The number of piperidine rings is 1. The molecule has 2 amide bonds. The van der Waals surface area contributed by atoms with Gasteiger partial charge in [0.25, 0.3) is 0 Å². The van der Waals surface area contributed by atoms with Crippen LogP contribution in [0.4, 0.5) is 0 Å². The lowest BCUT2D eigenvalue weighted by Crippen LogP contribution is -2.48. The first kappa shape index (κ1) is 20.4. The Bertz CT molecular complexity index is 735. The highest BCUT2D eigenvalue weighted by Crippen LogP contribution is 2.43. The van der Waals surface area contributed by atoms with E-state index in [0.29, 0.717) is 36.0 Å². The van der Waals surface area contributed by atoms with E-state index in [4.69, 9.17) is 5.73 Å². The van der Waals surface area contributed by atoms with Crippen LogP contribution in [0, 0.1) is 5.92 Å². The number of carbonyl (C=O) groups is 2. The van der Waals surface area contributed by atoms with Gasteiger partial charge < -0.3 is 15.7 Å². The number of aliphatic hydroxyl groups excluding tert-OH is 1. The fourth-order valence-corrected chi connectivity index (χ4v) is 5.50. The van der Waals surface area contributed by atoms with Crippen molar-refractivity contribution in [2.24, 2.45) is 11.7 Å². The van der Waals surface area contributed by atoms with E-state index >= 15 is 0 Å². The zero-order valence-electron chi connectivity index (χ0n) is 17.1. The van der Waals surface area contributed by atoms with Crippen molar-refractivity contribution in [3.05, 3.63) is 35.4 Å². The predicted octanol–water partition coefficient (Wildman–Crippen LogP) is 2.12. The molecule has 0 radical (unpaired) electrons. The van der Waals surface area contributed by atoms with Gasteiger partial charge in [-0.15, -0.1) is 0 Å². The lowest BCUT2D eigenvalue weighted by molar-refractivity contribution is -0.135. The maximum absolute atomic E-state index is 12.2. The molecule has 1 aromatic carbocycles. The maximum Gasteiger partial charge on any atom is 0.248 e. The zero-order chi connectivity index (χ0) is 20.4. The molecule has 2 saturated heterocycles. The molecule has 3 atom stereocenters. The van der Waals surface area contributed by atoms with Gasteiger partial charge in [-0.05, 0) is 68.1 Å². The standard InChI is InChI=1S/C23H33N3O3/c24-23(29)18-6-2-5-17(11-18)19-12-20-7-8-21(13-19)26(20)10-9-25(22(28)15-27)14-16-3-1-4-16/h2,5-6,11,16,19-21,27H,1,3-4,7-10,12-15H2,(H2,24,29)/t19?,20-,21+. The van der Waals surface area contributed by atoms with Gasteiger partial charge in [0.1, 0.15) is 6.61 Å². The van der Waals surface area contributed by atoms with Gasteiger partial charge in [-0.3, -0.25) is 14.5 Å². The normalized spacial score (nSPS) is 26.9. The van der Waals surface area contributed by atoms with Crippen LogP contribution in [-0.2, 0) is 4.79 Å². The highest BCUT2D eigenvalue weighted by molar-refractivity contribution is 5.92. The molecule has 29 heavy (non-hydrogen) atoms. The van der Waals surface area contributed by atoms with Crippen LogP contribution in [0.3, 0.4) is 0 Å². The van der Waals surface area contributed by atoms with Crippen LogP contribution in [0.15, 0.2) is 24.3 Å². The largest absolute Gasteiger partial charge is 0.387 e. The fourth-order valence-electron chi connectivity index (χ4n) is 5.50. The van der Waals surface area contributed by atoms with Crippen molar-refractivity contribution in [3.8, 4) is 0 Å². The Hall–Kier alpha value is -1.92. The van der Waals surface area contributed by atoms with Crippen molar-refractivity contribution in [2.45, 2.75) is 62.9 Å². The molecular weight excluding hydrogens is 366 g/mol. The van der Waals surface area contributed by atoms with Crippen molar-refractivity contribution in [3.63, 3.8) is 0 Å². The number of aliphatic hydroxyl groups is 1. The molecular formula is C23H33N3O3. The number of fused-ring (bicyclic) bond motifs is 2. The second-order valence-electron chi connectivity index (χ2n) is 9.08. The number of amides is 2. The number of benzene rings is 1. The fraction of sp³-hybridized carbons (Fsp3) is 0.652. The molecule has 2 bridgehead atoms. The lowest BCUT2D eigenvalue weighted by atomic mass is 9.84. The third-order valence-corrected chi connectivity index (χ3v) is 7.35. The molecule has 6 heteroatoms. The van der Waals surface area contributed by atoms with Gasteiger partial charge in [-0.25, -0.2) is 0 Å². The highest BCUT2D eigenvalue weighted by Gasteiger charge is 2.41. The first-order valence-corrected chi connectivity index (χ1v) is 11.1. The number of primary amides is 1. The van der Waals surface area contributed by atoms with E-state index in [-0.39, 0.29) is 11.8 Å². The molecule has 2 aliphatic heterocycles. The number of carbonyl (C=O) groups excluding carboxylic acids is 2. The minimum atomic E-state index is -0.391. The Balaban J connectivity index is 1.37. The predicted molar refractivity (Wildman–Crippen MR) is 111 cm³/mol. The van der Waals surface area contributed by atoms with Crippen molar-refractivity contribution in [1.82, 2.24) is 9.80 Å². The van der Waals surface area contributed by atoms with Gasteiger partial charge >= 0.3 is 0 Å². The number of nitrogens with two attached hydrogens (primary N) is 1. The molecule has 0 aromatic heterocycles. The smallest absolute Gasteiger partial charge is 0.248 e. The molecule has 6 nitrogen and oxygen atoms in total. The molecule has 0 spiro atoms. The first-order valence-electron chi connectivity index (χ1n) is 11.1. The molecule has 158 valence electrons. The number of hydrogen-bond acceptors (Lipinski definition) is 4. The van der Waals surface area contributed by atoms with E-state index in [1.54, 1.807) is 6.07 Å². The Morgan fingerprint density at radius 1 is 1.14 bits per heavy atom. The Kier molecular flexibility index (Phi) is 6.20. The molecule has 3 aliphatic rings. The number of rotatable bonds is 8. The highest BCUT2D eigenvalue weighted by atomic mass is 16.3. The minimum absolute atomic E-state index is 0.137. The van der Waals surface area contributed by atoms with E-state index in [1.807, 2.05) is 17.0 Å². The third-order valence-electron chi connectivity index (χ3n) is 7.35. The van der Waals surface area contributed by atoms with E-state index in [1.165, 1.54) is 37.7 Å². The molecule has 2 heterocycles. The van der Waals surface area contributed by atoms with Crippen LogP contribution < -0.4 is 5.73 Å². The van der Waals surface area contributed by atoms with Gasteiger partial charge in [0.05, 0.1) is 0 Å². The Morgan fingerprint density at radius 3 is 2.45 bits per heavy atom. The SMILES string of the molecule is NC(=O)c1cccc(C2C[C@H]3CC[C@@H](C2)N3CCN(CC2CCC2)C(=O)CO)c1. The van der Waals surface area contributed by atoms with Crippen LogP contribution in [0.2, 0.25) is 0 Å². The van der Waals surface area contributed by atoms with Crippen LogP contribution in [-0.4, -0.2) is 65.0 Å². The third kappa shape index (κ3) is 4.48. The van der Waals surface area contributed by atoms with E-state index in [9.17, 15) is 14.7 Å². The molecule has 1 aromatic rings. The van der Waals surface area contributed by atoms with Gasteiger partial charge in [-0.1, -0.05) is 18.6 Å². The van der Waals surface area contributed by atoms with Crippen molar-refractivity contribution >= 4 is 11.8 Å². The van der Waals surface area contributed by atoms with Crippen LogP contribution in [0.25, 0.3) is 0 Å². The van der Waals surface area contributed by atoms with Crippen LogP contribution >= 0.6 is 0 Å². The van der Waals surface area contributed by atoms with Gasteiger partial charge in [0.2, 0.25) is 11.8 Å². The Labute approximate surface area is 173 Å². The van der Waals surface area contributed by atoms with Crippen molar-refractivity contribution < 1.29 is 14.7 Å². The van der Waals surface area contributed by atoms with Crippen LogP contribution in [0.5, 0.6) is 0 Å². The van der Waals surface area contributed by atoms with E-state index in [0.717, 1.165) is 25.9 Å². The monoisotopic (exact) mass is 399 g/mol. The van der Waals surface area contributed by atoms with Crippen molar-refractivity contribution in [1.29, 1.82) is 0 Å². The first-order chi connectivity index (χ1) is 14.0. The molecule has 3 fully saturated rings. The van der Waals surface area contributed by atoms with E-state index in [2.05, 4.69) is 11.0 Å². The average Bonchev–Trinajstić information content (AvgIpc) is 2.93. The maximum atomic E-state index is 12.2. The minimum Gasteiger partial charge on any atom is -0.387 e. The molecule has 1 aliphatic carbocycles. The Morgan fingerprint density at radius 2 is 1.86 bits per heavy atom. The zero-order valence-corrected chi connectivity index (χ0v) is 17.1. The molecule has 3 N–H and O–H groups in total. The summed E-state index contributed by atoms with van der Waals surface area (Å²) in [6.45, 7) is 2.01. The topological polar surface area (TPSA) is 86.9 Å².